The van der Waals surface area contributed by atoms with E-state index in [1.54, 1.807) is 26.3 Å². The van der Waals surface area contributed by atoms with Crippen LogP contribution in [0.2, 0.25) is 0 Å². The third kappa shape index (κ3) is 6.68. The maximum atomic E-state index is 11.9. The Balaban J connectivity index is 0.00000450. The second-order valence-corrected chi connectivity index (χ2v) is 5.88. The molecule has 0 aliphatic rings. The summed E-state index contributed by atoms with van der Waals surface area (Å²) in [5.74, 6) is 1.88. The van der Waals surface area contributed by atoms with E-state index in [2.05, 4.69) is 15.6 Å². The molecule has 0 spiro atoms. The van der Waals surface area contributed by atoms with E-state index in [-0.39, 0.29) is 24.0 Å². The average Bonchev–Trinajstić information content (AvgIpc) is 2.76. The zero-order valence-corrected chi connectivity index (χ0v) is 20.1. The van der Waals surface area contributed by atoms with E-state index in [0.717, 1.165) is 11.3 Å². The lowest BCUT2D eigenvalue weighted by molar-refractivity contribution is 0.0597. The summed E-state index contributed by atoms with van der Waals surface area (Å²) in [7, 11) is 6.12. The van der Waals surface area contributed by atoms with Crippen LogP contribution in [0, 0.1) is 0 Å². The minimum absolute atomic E-state index is 0. The van der Waals surface area contributed by atoms with Crippen molar-refractivity contribution >= 4 is 41.6 Å². The summed E-state index contributed by atoms with van der Waals surface area (Å²) in [6.45, 7) is 2.90. The van der Waals surface area contributed by atoms with Gasteiger partial charge in [0.1, 0.15) is 11.3 Å². The minimum Gasteiger partial charge on any atom is -0.496 e. The van der Waals surface area contributed by atoms with Crippen molar-refractivity contribution in [2.75, 3.05) is 40.3 Å². The number of nitrogens with one attached hydrogen (secondary N) is 2. The van der Waals surface area contributed by atoms with Crippen LogP contribution < -0.4 is 24.8 Å². The van der Waals surface area contributed by atoms with Gasteiger partial charge >= 0.3 is 5.97 Å². The first-order valence-electron chi connectivity index (χ1n) is 9.10. The number of ether oxygens (including phenoxy) is 4. The van der Waals surface area contributed by atoms with E-state index in [0.29, 0.717) is 41.9 Å². The molecule has 2 rings (SSSR count). The highest BCUT2D eigenvalue weighted by Gasteiger charge is 2.14. The van der Waals surface area contributed by atoms with Gasteiger partial charge in [-0.15, -0.1) is 24.0 Å². The van der Waals surface area contributed by atoms with Crippen molar-refractivity contribution in [3.8, 4) is 17.2 Å². The number of aliphatic imine (C=N–C) groups is 1. The number of benzene rings is 2. The van der Waals surface area contributed by atoms with Gasteiger partial charge in [0.15, 0.2) is 17.5 Å². The molecule has 9 heteroatoms. The van der Waals surface area contributed by atoms with Crippen molar-refractivity contribution in [2.45, 2.75) is 13.5 Å². The van der Waals surface area contributed by atoms with Crippen LogP contribution in [0.25, 0.3) is 0 Å². The quantitative estimate of drug-likeness (QED) is 0.233. The number of carbonyl (C=O) groups is 1. The SMILES string of the molecule is CCOc1cc(NC(=NC)NCc2ccc(OC)c(C(=O)OC)c2)ccc1OC.I. The molecule has 0 unspecified atom stereocenters. The fourth-order valence-electron chi connectivity index (χ4n) is 2.66. The summed E-state index contributed by atoms with van der Waals surface area (Å²) in [5, 5.41) is 6.42. The Hall–Kier alpha value is -2.69. The molecule has 2 aromatic rings. The van der Waals surface area contributed by atoms with Crippen LogP contribution in [0.4, 0.5) is 5.69 Å². The molecule has 0 fully saturated rings. The van der Waals surface area contributed by atoms with Gasteiger partial charge < -0.3 is 29.6 Å². The number of rotatable bonds is 8. The molecule has 30 heavy (non-hydrogen) atoms. The molecule has 0 bridgehead atoms. The first kappa shape index (κ1) is 25.3. The van der Waals surface area contributed by atoms with Crippen LogP contribution in [-0.2, 0) is 11.3 Å². The van der Waals surface area contributed by atoms with Gasteiger partial charge in [0, 0.05) is 25.3 Å². The van der Waals surface area contributed by atoms with Crippen molar-refractivity contribution in [2.24, 2.45) is 4.99 Å². The summed E-state index contributed by atoms with van der Waals surface area (Å²) in [6.07, 6.45) is 0. The van der Waals surface area contributed by atoms with Crippen molar-refractivity contribution in [1.82, 2.24) is 5.32 Å². The van der Waals surface area contributed by atoms with Crippen molar-refractivity contribution in [3.05, 3.63) is 47.5 Å². The average molecular weight is 529 g/mol. The minimum atomic E-state index is -0.451. The predicted molar refractivity (Wildman–Crippen MR) is 128 cm³/mol. The molecule has 0 saturated carbocycles. The lowest BCUT2D eigenvalue weighted by atomic mass is 10.1. The smallest absolute Gasteiger partial charge is 0.341 e. The molecule has 2 N–H and O–H groups in total. The van der Waals surface area contributed by atoms with Crippen LogP contribution in [-0.4, -0.2) is 46.9 Å². The molecule has 0 amide bonds. The maximum absolute atomic E-state index is 11.9. The predicted octanol–water partition coefficient (Wildman–Crippen LogP) is 3.69. The topological polar surface area (TPSA) is 90.4 Å². The lowest BCUT2D eigenvalue weighted by Crippen LogP contribution is -2.30. The molecular weight excluding hydrogens is 501 g/mol. The van der Waals surface area contributed by atoms with Gasteiger partial charge in [0.25, 0.3) is 0 Å². The van der Waals surface area contributed by atoms with Gasteiger partial charge in [-0.25, -0.2) is 4.79 Å². The number of halogens is 1. The number of esters is 1. The maximum Gasteiger partial charge on any atom is 0.341 e. The molecule has 0 saturated heterocycles. The van der Waals surface area contributed by atoms with E-state index in [1.165, 1.54) is 14.2 Å². The van der Waals surface area contributed by atoms with Crippen molar-refractivity contribution in [1.29, 1.82) is 0 Å². The first-order valence-corrected chi connectivity index (χ1v) is 9.10. The van der Waals surface area contributed by atoms with Crippen LogP contribution in [0.5, 0.6) is 17.2 Å². The van der Waals surface area contributed by atoms with Gasteiger partial charge in [0.2, 0.25) is 0 Å². The number of carbonyl (C=O) groups excluding carboxylic acids is 1. The molecule has 0 aliphatic carbocycles. The molecule has 0 atom stereocenters. The highest BCUT2D eigenvalue weighted by molar-refractivity contribution is 14.0. The second kappa shape index (κ2) is 12.8. The third-order valence-corrected chi connectivity index (χ3v) is 4.08. The van der Waals surface area contributed by atoms with Crippen LogP contribution in [0.15, 0.2) is 41.4 Å². The summed E-state index contributed by atoms with van der Waals surface area (Å²) >= 11 is 0. The van der Waals surface area contributed by atoms with Gasteiger partial charge in [-0.2, -0.15) is 0 Å². The Labute approximate surface area is 194 Å². The number of hydrogen-bond acceptors (Lipinski definition) is 6. The molecule has 0 aromatic heterocycles. The number of hydrogen-bond donors (Lipinski definition) is 2. The fourth-order valence-corrected chi connectivity index (χ4v) is 2.66. The Morgan fingerprint density at radius 3 is 2.30 bits per heavy atom. The zero-order valence-electron chi connectivity index (χ0n) is 17.8. The third-order valence-electron chi connectivity index (χ3n) is 4.08. The Bertz CT molecular complexity index is 874. The fraction of sp³-hybridized carbons (Fsp3) is 0.333. The van der Waals surface area contributed by atoms with Crippen molar-refractivity contribution < 1.29 is 23.7 Å². The largest absolute Gasteiger partial charge is 0.496 e. The molecule has 0 heterocycles. The summed E-state index contributed by atoms with van der Waals surface area (Å²) in [6, 6.07) is 10.9. The summed E-state index contributed by atoms with van der Waals surface area (Å²) in [5.41, 5.74) is 2.04. The van der Waals surface area contributed by atoms with E-state index in [9.17, 15) is 4.79 Å². The monoisotopic (exact) mass is 529 g/mol. The molecular formula is C21H28IN3O5. The number of nitrogens with zero attached hydrogens (tertiary/aromatic N) is 1. The van der Waals surface area contributed by atoms with Gasteiger partial charge in [-0.3, -0.25) is 4.99 Å². The van der Waals surface area contributed by atoms with Crippen LogP contribution >= 0.6 is 24.0 Å². The molecule has 164 valence electrons. The Morgan fingerprint density at radius 2 is 1.70 bits per heavy atom. The van der Waals surface area contributed by atoms with Gasteiger partial charge in [0.05, 0.1) is 27.9 Å². The standard InChI is InChI=1S/C21H27N3O5.HI/c1-6-29-19-12-15(8-10-18(19)27-4)24-21(22-2)23-13-14-7-9-17(26-3)16(11-14)20(25)28-5;/h7-12H,6,13H2,1-5H3,(H2,22,23,24);1H. The second-order valence-electron chi connectivity index (χ2n) is 5.88. The van der Waals surface area contributed by atoms with Gasteiger partial charge in [-0.1, -0.05) is 6.07 Å². The first-order chi connectivity index (χ1) is 14.1. The molecule has 0 aliphatic heterocycles. The van der Waals surface area contributed by atoms with Crippen LogP contribution in [0.3, 0.4) is 0 Å². The zero-order chi connectivity index (χ0) is 21.2. The van der Waals surface area contributed by atoms with Crippen LogP contribution in [0.1, 0.15) is 22.8 Å². The van der Waals surface area contributed by atoms with E-state index in [4.69, 9.17) is 18.9 Å². The number of anilines is 1. The number of methoxy groups -OCH3 is 3. The molecule has 2 aromatic carbocycles. The van der Waals surface area contributed by atoms with Gasteiger partial charge in [-0.05, 0) is 36.8 Å². The highest BCUT2D eigenvalue weighted by Crippen LogP contribution is 2.30. The van der Waals surface area contributed by atoms with E-state index < -0.39 is 5.97 Å². The summed E-state index contributed by atoms with van der Waals surface area (Å²) in [4.78, 5) is 16.2. The normalized spacial score (nSPS) is 10.5. The number of guanidine groups is 1. The molecule has 0 radical (unpaired) electrons. The summed E-state index contributed by atoms with van der Waals surface area (Å²) < 4.78 is 20.9. The lowest BCUT2D eigenvalue weighted by Gasteiger charge is -2.15. The van der Waals surface area contributed by atoms with E-state index in [1.807, 2.05) is 31.2 Å². The Kier molecular flexibility index (Phi) is 10.8. The van der Waals surface area contributed by atoms with Crippen molar-refractivity contribution in [3.63, 3.8) is 0 Å². The van der Waals surface area contributed by atoms with E-state index >= 15 is 0 Å². The Morgan fingerprint density at radius 1 is 1.00 bits per heavy atom. The molecule has 8 nitrogen and oxygen atoms in total. The highest BCUT2D eigenvalue weighted by atomic mass is 127.